The number of nitrogens with zero attached hydrogens (tertiary/aromatic N) is 10. The minimum absolute atomic E-state index is 0.393. The highest BCUT2D eigenvalue weighted by molar-refractivity contribution is 6.13. The molecular weight excluding hydrogens is 957 g/mol. The van der Waals surface area contributed by atoms with Gasteiger partial charge in [-0.3, -0.25) is 0 Å². The molecule has 0 aliphatic heterocycles. The number of aromatic nitrogens is 5. The Kier molecular flexibility index (Phi) is 11.2. The summed E-state index contributed by atoms with van der Waals surface area (Å²) in [5.74, 6) is 1.54. The molecule has 3 heterocycles. The maximum absolute atomic E-state index is 10.7. The molecule has 0 atom stereocenters. The van der Waals surface area contributed by atoms with Gasteiger partial charge in [-0.15, -0.1) is 0 Å². The molecule has 13 rings (SSSR count). The third-order valence-corrected chi connectivity index (χ3v) is 14.2. The maximum Gasteiger partial charge on any atom is 0.189 e. The number of fused-ring (bicyclic) bond motifs is 6. The van der Waals surface area contributed by atoms with E-state index in [1.54, 1.807) is 12.1 Å². The Morgan fingerprint density at radius 2 is 0.782 bits per heavy atom. The highest BCUT2D eigenvalue weighted by Gasteiger charge is 2.24. The van der Waals surface area contributed by atoms with Crippen molar-refractivity contribution in [3.63, 3.8) is 0 Å². The van der Waals surface area contributed by atoms with Crippen LogP contribution in [0.5, 0.6) is 0 Å². The van der Waals surface area contributed by atoms with Gasteiger partial charge in [0.25, 0.3) is 0 Å². The minimum Gasteiger partial charge on any atom is -0.309 e. The fraction of sp³-hybridized carbons (Fsp3) is 0. The van der Waals surface area contributed by atoms with Gasteiger partial charge in [0.05, 0.1) is 70.9 Å². The average Bonchev–Trinajstić information content (AvgIpc) is 4.19. The van der Waals surface area contributed by atoms with E-state index in [-0.39, 0.29) is 0 Å². The molecule has 10 nitrogen and oxygen atoms in total. The predicted octanol–water partition coefficient (Wildman–Crippen LogP) is 17.5. The van der Waals surface area contributed by atoms with Crippen molar-refractivity contribution in [2.75, 3.05) is 0 Å². The van der Waals surface area contributed by atoms with Gasteiger partial charge in [0.15, 0.2) is 34.5 Å². The van der Waals surface area contributed by atoms with Crippen LogP contribution in [0.3, 0.4) is 0 Å². The van der Waals surface area contributed by atoms with E-state index in [9.17, 15) is 10.5 Å². The van der Waals surface area contributed by atoms with Gasteiger partial charge in [-0.25, -0.2) is 29.5 Å². The molecule has 0 radical (unpaired) electrons. The van der Waals surface area contributed by atoms with Gasteiger partial charge in [-0.1, -0.05) is 133 Å². The standard InChI is InChI=1S/C68H36N10/c1-71-51-31-43(41-70)30-49(33-51)46-23-27-62-57(36-46)54-18-10-12-20-60(54)77(62)63-29-25-48(68-75-66(44-14-6-4-7-15-44)74-67(76-68)45-16-8-5-9-17-45)38-59(63)56-26-22-42(40-69)32-65(56)78-61-21-13-11-19-55(61)58-37-47(24-28-64(58)78)50-34-52(72-2)39-53(35-50)73-3/h4-39H. The maximum atomic E-state index is 10.7. The van der Waals surface area contributed by atoms with Crippen molar-refractivity contribution < 1.29 is 0 Å². The molecule has 0 unspecified atom stereocenters. The number of benzene rings is 10. The largest absolute Gasteiger partial charge is 0.309 e. The summed E-state index contributed by atoms with van der Waals surface area (Å²) in [6.45, 7) is 23.3. The topological polar surface area (TPSA) is 109 Å². The van der Waals surface area contributed by atoms with Gasteiger partial charge in [0, 0.05) is 54.9 Å². The SMILES string of the molecule is [C-]#[N+]c1cc(C#N)cc(-c2ccc3c(c2)c2ccccc2n3-c2ccc(-c3nc(-c4ccccc4)nc(-c4ccccc4)n3)cc2-c2ccc(C#N)cc2-n2c3ccccc3c3cc(-c4cc([N+]#[C-])cc([N+]#[C-])c4)ccc32)c1. The average molecular weight is 993 g/mol. The smallest absolute Gasteiger partial charge is 0.189 e. The Balaban J connectivity index is 1.10. The van der Waals surface area contributed by atoms with Gasteiger partial charge in [0.1, 0.15) is 0 Å². The third kappa shape index (κ3) is 7.91. The first-order chi connectivity index (χ1) is 38.4. The first-order valence-electron chi connectivity index (χ1n) is 24.9. The minimum atomic E-state index is 0.393. The van der Waals surface area contributed by atoms with Gasteiger partial charge >= 0.3 is 0 Å². The molecule has 3 aromatic heterocycles. The Morgan fingerprint density at radius 3 is 1.32 bits per heavy atom. The monoisotopic (exact) mass is 992 g/mol. The molecular formula is C68H36N10. The highest BCUT2D eigenvalue weighted by atomic mass is 15.0. The summed E-state index contributed by atoms with van der Waals surface area (Å²) < 4.78 is 4.49. The Hall–Kier alpha value is -11.7. The van der Waals surface area contributed by atoms with Crippen molar-refractivity contribution in [2.24, 2.45) is 0 Å². The molecule has 0 saturated carbocycles. The van der Waals surface area contributed by atoms with Crippen LogP contribution in [0.1, 0.15) is 11.1 Å². The van der Waals surface area contributed by atoms with Crippen LogP contribution >= 0.6 is 0 Å². The fourth-order valence-electron chi connectivity index (χ4n) is 10.7. The highest BCUT2D eigenvalue weighted by Crippen LogP contribution is 2.44. The van der Waals surface area contributed by atoms with Crippen molar-refractivity contribution in [1.29, 1.82) is 10.5 Å². The van der Waals surface area contributed by atoms with Crippen molar-refractivity contribution in [3.05, 3.63) is 264 Å². The zero-order valence-electron chi connectivity index (χ0n) is 41.3. The summed E-state index contributed by atoms with van der Waals surface area (Å²) in [4.78, 5) is 26.4. The van der Waals surface area contributed by atoms with E-state index in [4.69, 9.17) is 34.7 Å². The molecule has 10 aromatic carbocycles. The Morgan fingerprint density at radius 1 is 0.321 bits per heavy atom. The molecule has 0 fully saturated rings. The van der Waals surface area contributed by atoms with Crippen molar-refractivity contribution in [1.82, 2.24) is 24.1 Å². The molecule has 0 bridgehead atoms. The van der Waals surface area contributed by atoms with Crippen molar-refractivity contribution in [3.8, 4) is 91.1 Å². The van der Waals surface area contributed by atoms with Crippen LogP contribution in [0.4, 0.5) is 17.1 Å². The van der Waals surface area contributed by atoms with Gasteiger partial charge < -0.3 is 9.13 Å². The molecule has 0 aliphatic rings. The molecule has 0 saturated heterocycles. The van der Waals surface area contributed by atoms with Crippen molar-refractivity contribution >= 4 is 60.7 Å². The third-order valence-electron chi connectivity index (χ3n) is 14.2. The van der Waals surface area contributed by atoms with Crippen LogP contribution in [-0.2, 0) is 0 Å². The molecule has 358 valence electrons. The van der Waals surface area contributed by atoms with Crippen LogP contribution in [0, 0.1) is 42.4 Å². The number of rotatable bonds is 8. The lowest BCUT2D eigenvalue weighted by Gasteiger charge is -2.20. The van der Waals surface area contributed by atoms with Gasteiger partial charge in [0.2, 0.25) is 0 Å². The molecule has 0 spiro atoms. The summed E-state index contributed by atoms with van der Waals surface area (Å²) in [5.41, 5.74) is 14.7. The van der Waals surface area contributed by atoms with E-state index in [1.807, 2.05) is 140 Å². The number of hydrogen-bond donors (Lipinski definition) is 0. The summed E-state index contributed by atoms with van der Waals surface area (Å²) in [6.07, 6.45) is 0. The van der Waals surface area contributed by atoms with Crippen LogP contribution in [0.2, 0.25) is 0 Å². The second kappa shape index (κ2) is 18.9. The fourth-order valence-corrected chi connectivity index (χ4v) is 10.7. The zero-order valence-corrected chi connectivity index (χ0v) is 41.3. The van der Waals surface area contributed by atoms with Crippen molar-refractivity contribution in [2.45, 2.75) is 0 Å². The zero-order chi connectivity index (χ0) is 52.9. The van der Waals surface area contributed by atoms with Gasteiger partial charge in [-0.2, -0.15) is 10.5 Å². The van der Waals surface area contributed by atoms with E-state index < -0.39 is 0 Å². The van der Waals surface area contributed by atoms with Crippen LogP contribution in [0.25, 0.3) is 137 Å². The van der Waals surface area contributed by atoms with Crippen LogP contribution in [0.15, 0.2) is 218 Å². The normalized spacial score (nSPS) is 11.0. The van der Waals surface area contributed by atoms with E-state index in [1.165, 1.54) is 0 Å². The summed E-state index contributed by atoms with van der Waals surface area (Å²) in [7, 11) is 0. The Bertz CT molecular complexity index is 4740. The molecule has 0 N–H and O–H groups in total. The molecule has 0 aliphatic carbocycles. The lowest BCUT2D eigenvalue weighted by Crippen LogP contribution is -2.04. The Labute approximate surface area is 448 Å². The van der Waals surface area contributed by atoms with E-state index in [0.717, 1.165) is 105 Å². The lowest BCUT2D eigenvalue weighted by molar-refractivity contribution is 1.07. The van der Waals surface area contributed by atoms with Crippen LogP contribution < -0.4 is 0 Å². The summed E-state index contributed by atoms with van der Waals surface area (Å²) in [6, 6.07) is 76.1. The molecule has 0 amide bonds. The quantitative estimate of drug-likeness (QED) is 0.141. The number of nitriles is 2. The second-order valence-electron chi connectivity index (χ2n) is 18.7. The molecule has 10 heteroatoms. The van der Waals surface area contributed by atoms with Crippen LogP contribution in [-0.4, -0.2) is 24.1 Å². The number of para-hydroxylation sites is 2. The predicted molar refractivity (Wildman–Crippen MR) is 309 cm³/mol. The molecule has 13 aromatic rings. The van der Waals surface area contributed by atoms with E-state index in [2.05, 4.69) is 103 Å². The second-order valence-corrected chi connectivity index (χ2v) is 18.7. The molecule has 78 heavy (non-hydrogen) atoms. The summed E-state index contributed by atoms with van der Waals surface area (Å²) in [5, 5.41) is 24.5. The lowest BCUT2D eigenvalue weighted by atomic mass is 9.96. The first kappa shape index (κ1) is 46.1. The first-order valence-corrected chi connectivity index (χ1v) is 24.9. The van der Waals surface area contributed by atoms with E-state index in [0.29, 0.717) is 45.7 Å². The van der Waals surface area contributed by atoms with Gasteiger partial charge in [-0.05, 0) is 107 Å². The summed E-state index contributed by atoms with van der Waals surface area (Å²) >= 11 is 0. The van der Waals surface area contributed by atoms with E-state index >= 15 is 0 Å². The number of hydrogen-bond acceptors (Lipinski definition) is 5.